The summed E-state index contributed by atoms with van der Waals surface area (Å²) in [6.45, 7) is 0. The van der Waals surface area contributed by atoms with Gasteiger partial charge < -0.3 is 0 Å². The fourth-order valence-corrected chi connectivity index (χ4v) is 3.24. The van der Waals surface area contributed by atoms with E-state index in [4.69, 9.17) is 0 Å². The van der Waals surface area contributed by atoms with E-state index < -0.39 is 30.0 Å². The van der Waals surface area contributed by atoms with Gasteiger partial charge in [-0.15, -0.1) is 0 Å². The number of benzene rings is 2. The van der Waals surface area contributed by atoms with E-state index in [9.17, 15) is 26.3 Å². The molecule has 2 atom stereocenters. The van der Waals surface area contributed by atoms with Gasteiger partial charge in [0.1, 0.15) is 6.04 Å². The summed E-state index contributed by atoms with van der Waals surface area (Å²) in [5, 5.41) is 2.64. The first-order chi connectivity index (χ1) is 12.1. The predicted molar refractivity (Wildman–Crippen MR) is 86.5 cm³/mol. The van der Waals surface area contributed by atoms with Crippen LogP contribution in [0.2, 0.25) is 0 Å². The molecule has 1 aliphatic rings. The Kier molecular flexibility index (Phi) is 5.01. The van der Waals surface area contributed by atoms with Crippen molar-refractivity contribution < 1.29 is 26.3 Å². The highest BCUT2D eigenvalue weighted by Crippen LogP contribution is 2.35. The zero-order valence-corrected chi connectivity index (χ0v) is 13.7. The Balaban J connectivity index is 1.82. The van der Waals surface area contributed by atoms with E-state index in [0.717, 1.165) is 12.1 Å². The lowest BCUT2D eigenvalue weighted by Crippen LogP contribution is -2.46. The van der Waals surface area contributed by atoms with Gasteiger partial charge in [0.2, 0.25) is 0 Å². The van der Waals surface area contributed by atoms with Crippen LogP contribution in [-0.2, 0) is 6.18 Å². The van der Waals surface area contributed by atoms with E-state index in [0.29, 0.717) is 29.5 Å². The molecule has 1 N–H and O–H groups in total. The Bertz CT molecular complexity index is 748. The average Bonchev–Trinajstić information content (AvgIpc) is 2.61. The highest BCUT2D eigenvalue weighted by Gasteiger charge is 2.42. The first-order valence-corrected chi connectivity index (χ1v) is 8.25. The summed E-state index contributed by atoms with van der Waals surface area (Å²) >= 11 is 0. The number of alkyl halides is 6. The van der Waals surface area contributed by atoms with E-state index >= 15 is 0 Å². The second kappa shape index (κ2) is 6.95. The van der Waals surface area contributed by atoms with Gasteiger partial charge in [0.15, 0.2) is 0 Å². The highest BCUT2D eigenvalue weighted by atomic mass is 19.4. The largest absolute Gasteiger partial charge is 0.416 e. The average molecular weight is 373 g/mol. The Morgan fingerprint density at radius 3 is 2.12 bits per heavy atom. The summed E-state index contributed by atoms with van der Waals surface area (Å²) in [4.78, 5) is 0. The minimum atomic E-state index is -4.40. The normalized spacial score (nSPS) is 21.6. The van der Waals surface area contributed by atoms with E-state index in [1.54, 1.807) is 24.3 Å². The standard InChI is InChI=1S/C19H17F6N/c20-18(21,22)15-9-7-12(8-10-15)13-3-1-4-14(11-13)16-5-2-6-17(26-16)19(23,24)25/h1,3-4,7-11,16-17,26H,2,5-6H2. The molecule has 0 spiro atoms. The molecule has 26 heavy (non-hydrogen) atoms. The van der Waals surface area contributed by atoms with Crippen molar-refractivity contribution in [1.82, 2.24) is 5.32 Å². The minimum Gasteiger partial charge on any atom is -0.299 e. The molecule has 2 unspecified atom stereocenters. The summed E-state index contributed by atoms with van der Waals surface area (Å²) in [6, 6.07) is 9.70. The summed E-state index contributed by atoms with van der Waals surface area (Å²) in [6.07, 6.45) is -7.59. The molecule has 1 nitrogen and oxygen atoms in total. The van der Waals surface area contributed by atoms with Gasteiger partial charge in [-0.25, -0.2) is 0 Å². The number of rotatable bonds is 2. The minimum absolute atomic E-state index is 0.0542. The van der Waals surface area contributed by atoms with Crippen LogP contribution >= 0.6 is 0 Å². The Labute approximate surface area is 147 Å². The van der Waals surface area contributed by atoms with Crippen LogP contribution in [0.15, 0.2) is 48.5 Å². The van der Waals surface area contributed by atoms with Gasteiger partial charge in [-0.1, -0.05) is 30.3 Å². The molecule has 0 aliphatic carbocycles. The lowest BCUT2D eigenvalue weighted by Gasteiger charge is -2.32. The molecule has 7 heteroatoms. The van der Waals surface area contributed by atoms with Gasteiger partial charge in [0, 0.05) is 6.04 Å². The number of hydrogen-bond donors (Lipinski definition) is 1. The first kappa shape index (κ1) is 18.8. The highest BCUT2D eigenvalue weighted by molar-refractivity contribution is 5.64. The molecule has 1 saturated heterocycles. The van der Waals surface area contributed by atoms with Gasteiger partial charge in [-0.3, -0.25) is 5.32 Å². The number of piperidine rings is 1. The molecule has 0 saturated carbocycles. The third-order valence-corrected chi connectivity index (χ3v) is 4.62. The monoisotopic (exact) mass is 373 g/mol. The van der Waals surface area contributed by atoms with E-state index in [1.165, 1.54) is 12.1 Å². The van der Waals surface area contributed by atoms with Crippen LogP contribution in [0.25, 0.3) is 11.1 Å². The van der Waals surface area contributed by atoms with Crippen molar-refractivity contribution in [2.45, 2.75) is 43.7 Å². The summed E-state index contributed by atoms with van der Waals surface area (Å²) in [5.41, 5.74) is 1.23. The van der Waals surface area contributed by atoms with Crippen LogP contribution in [0.5, 0.6) is 0 Å². The summed E-state index contributed by atoms with van der Waals surface area (Å²) in [5.74, 6) is 0. The number of hydrogen-bond acceptors (Lipinski definition) is 1. The number of nitrogens with one attached hydrogen (secondary N) is 1. The fraction of sp³-hybridized carbons (Fsp3) is 0.368. The Morgan fingerprint density at radius 2 is 1.50 bits per heavy atom. The van der Waals surface area contributed by atoms with E-state index in [1.807, 2.05) is 0 Å². The molecule has 0 aromatic heterocycles. The summed E-state index contributed by atoms with van der Waals surface area (Å²) < 4.78 is 76.8. The summed E-state index contributed by atoms with van der Waals surface area (Å²) in [7, 11) is 0. The van der Waals surface area contributed by atoms with Crippen molar-refractivity contribution in [3.05, 3.63) is 59.7 Å². The van der Waals surface area contributed by atoms with Crippen molar-refractivity contribution in [3.8, 4) is 11.1 Å². The molecule has 0 amide bonds. The lowest BCUT2D eigenvalue weighted by molar-refractivity contribution is -0.163. The lowest BCUT2D eigenvalue weighted by atomic mass is 9.91. The smallest absolute Gasteiger partial charge is 0.299 e. The fourth-order valence-electron chi connectivity index (χ4n) is 3.24. The predicted octanol–water partition coefficient (Wildman–Crippen LogP) is 6.12. The van der Waals surface area contributed by atoms with Crippen LogP contribution in [-0.4, -0.2) is 12.2 Å². The van der Waals surface area contributed by atoms with Crippen molar-refractivity contribution in [2.24, 2.45) is 0 Å². The van der Waals surface area contributed by atoms with Crippen LogP contribution in [0, 0.1) is 0 Å². The van der Waals surface area contributed by atoms with Crippen LogP contribution < -0.4 is 5.32 Å². The van der Waals surface area contributed by atoms with Crippen molar-refractivity contribution in [3.63, 3.8) is 0 Å². The first-order valence-electron chi connectivity index (χ1n) is 8.25. The molecular weight excluding hydrogens is 356 g/mol. The zero-order valence-electron chi connectivity index (χ0n) is 13.7. The molecule has 0 bridgehead atoms. The van der Waals surface area contributed by atoms with Gasteiger partial charge in [-0.05, 0) is 54.2 Å². The van der Waals surface area contributed by atoms with Crippen molar-refractivity contribution in [2.75, 3.05) is 0 Å². The number of halogens is 6. The molecule has 0 radical (unpaired) electrons. The topological polar surface area (TPSA) is 12.0 Å². The van der Waals surface area contributed by atoms with Crippen molar-refractivity contribution >= 4 is 0 Å². The van der Waals surface area contributed by atoms with Crippen molar-refractivity contribution in [1.29, 1.82) is 0 Å². The Hall–Kier alpha value is -2.02. The van der Waals surface area contributed by atoms with Gasteiger partial charge in [-0.2, -0.15) is 26.3 Å². The maximum absolute atomic E-state index is 13.0. The van der Waals surface area contributed by atoms with E-state index in [2.05, 4.69) is 5.32 Å². The molecule has 1 fully saturated rings. The van der Waals surface area contributed by atoms with Gasteiger partial charge in [0.25, 0.3) is 0 Å². The van der Waals surface area contributed by atoms with E-state index in [-0.39, 0.29) is 6.42 Å². The zero-order chi connectivity index (χ0) is 18.9. The second-order valence-electron chi connectivity index (χ2n) is 6.44. The quantitative estimate of drug-likeness (QED) is 0.626. The molecule has 2 aromatic rings. The maximum Gasteiger partial charge on any atom is 0.416 e. The van der Waals surface area contributed by atoms with Crippen LogP contribution in [0.4, 0.5) is 26.3 Å². The van der Waals surface area contributed by atoms with Gasteiger partial charge >= 0.3 is 12.4 Å². The third-order valence-electron chi connectivity index (χ3n) is 4.62. The molecular formula is C19H17F6N. The molecule has 3 rings (SSSR count). The maximum atomic E-state index is 13.0. The third kappa shape index (κ3) is 4.20. The molecule has 140 valence electrons. The molecule has 1 heterocycles. The van der Waals surface area contributed by atoms with Crippen LogP contribution in [0.1, 0.15) is 36.4 Å². The molecule has 1 aliphatic heterocycles. The van der Waals surface area contributed by atoms with Gasteiger partial charge in [0.05, 0.1) is 5.56 Å². The Morgan fingerprint density at radius 1 is 0.808 bits per heavy atom. The molecule has 2 aromatic carbocycles. The van der Waals surface area contributed by atoms with Crippen LogP contribution in [0.3, 0.4) is 0 Å². The second-order valence-corrected chi connectivity index (χ2v) is 6.44. The SMILES string of the molecule is FC(F)(F)c1ccc(-c2cccc(C3CCCC(C(F)(F)F)N3)c2)cc1.